The summed E-state index contributed by atoms with van der Waals surface area (Å²) in [5, 5.41) is 9.29. The van der Waals surface area contributed by atoms with Crippen molar-refractivity contribution in [3.63, 3.8) is 0 Å². The molecule has 0 amide bonds. The zero-order valence-corrected chi connectivity index (χ0v) is 26.7. The van der Waals surface area contributed by atoms with E-state index >= 15 is 0 Å². The number of hydrogen-bond donors (Lipinski definition) is 1. The molecule has 0 saturated heterocycles. The molecule has 4 heteroatoms. The molecule has 1 unspecified atom stereocenters. The van der Waals surface area contributed by atoms with Gasteiger partial charge < -0.3 is 14.6 Å². The molecule has 0 bridgehead atoms. The number of unbranched alkanes of at least 4 members (excludes halogenated alkanes) is 25. The van der Waals surface area contributed by atoms with Gasteiger partial charge in [0.05, 0.1) is 13.2 Å². The van der Waals surface area contributed by atoms with Crippen LogP contribution < -0.4 is 0 Å². The zero-order chi connectivity index (χ0) is 28.5. The second kappa shape index (κ2) is 33.6. The van der Waals surface area contributed by atoms with E-state index in [0.717, 1.165) is 12.8 Å². The van der Waals surface area contributed by atoms with Gasteiger partial charge in [-0.05, 0) is 12.8 Å². The van der Waals surface area contributed by atoms with Crippen LogP contribution in [0.5, 0.6) is 0 Å². The number of aliphatic hydroxyl groups is 1. The van der Waals surface area contributed by atoms with Crippen molar-refractivity contribution in [1.82, 2.24) is 0 Å². The fourth-order valence-corrected chi connectivity index (χ4v) is 5.31. The van der Waals surface area contributed by atoms with Crippen molar-refractivity contribution in [2.24, 2.45) is 0 Å². The Labute approximate surface area is 244 Å². The van der Waals surface area contributed by atoms with Gasteiger partial charge in [-0.3, -0.25) is 4.79 Å². The van der Waals surface area contributed by atoms with Gasteiger partial charge in [0.2, 0.25) is 0 Å². The van der Waals surface area contributed by atoms with Crippen molar-refractivity contribution in [1.29, 1.82) is 0 Å². The molecule has 0 aromatic heterocycles. The van der Waals surface area contributed by atoms with Gasteiger partial charge in [0.15, 0.2) is 0 Å². The predicted molar refractivity (Wildman–Crippen MR) is 168 cm³/mol. The number of hydrogen-bond acceptors (Lipinski definition) is 4. The SMILES string of the molecule is CCCCCCCCCCCCCCCCCCCCCCCCCCCCOCC(CO)OC(=O)CCC. The van der Waals surface area contributed by atoms with Gasteiger partial charge in [0, 0.05) is 13.0 Å². The predicted octanol–water partition coefficient (Wildman–Crippen LogP) is 10.9. The second-order valence-corrected chi connectivity index (χ2v) is 12.0. The average molecular weight is 555 g/mol. The fourth-order valence-electron chi connectivity index (χ4n) is 5.31. The first kappa shape index (κ1) is 38.4. The maximum absolute atomic E-state index is 11.5. The number of ether oxygens (including phenoxy) is 2. The number of aliphatic hydroxyl groups excluding tert-OH is 1. The van der Waals surface area contributed by atoms with E-state index < -0.39 is 6.10 Å². The van der Waals surface area contributed by atoms with Gasteiger partial charge in [0.1, 0.15) is 6.10 Å². The number of carbonyl (C=O) groups is 1. The van der Waals surface area contributed by atoms with Crippen molar-refractivity contribution < 1.29 is 19.4 Å². The van der Waals surface area contributed by atoms with Crippen LogP contribution in [0, 0.1) is 0 Å². The smallest absolute Gasteiger partial charge is 0.306 e. The third-order valence-corrected chi connectivity index (χ3v) is 7.90. The Balaban J connectivity index is 3.15. The number of carbonyl (C=O) groups excluding carboxylic acids is 1. The largest absolute Gasteiger partial charge is 0.457 e. The third kappa shape index (κ3) is 31.8. The lowest BCUT2D eigenvalue weighted by molar-refractivity contribution is -0.154. The molecule has 0 aromatic rings. The van der Waals surface area contributed by atoms with E-state index in [1.165, 1.54) is 161 Å². The van der Waals surface area contributed by atoms with E-state index in [2.05, 4.69) is 6.92 Å². The van der Waals surface area contributed by atoms with Crippen LogP contribution in [-0.2, 0) is 14.3 Å². The lowest BCUT2D eigenvalue weighted by Crippen LogP contribution is -2.27. The van der Waals surface area contributed by atoms with E-state index in [0.29, 0.717) is 19.6 Å². The number of rotatable bonds is 33. The molecule has 0 radical (unpaired) electrons. The molecule has 0 spiro atoms. The Morgan fingerprint density at radius 2 is 0.846 bits per heavy atom. The molecular formula is C35H70O4. The summed E-state index contributed by atoms with van der Waals surface area (Å²) in [5.41, 5.74) is 0. The summed E-state index contributed by atoms with van der Waals surface area (Å²) in [5.74, 6) is -0.250. The monoisotopic (exact) mass is 555 g/mol. The first-order valence-corrected chi connectivity index (χ1v) is 17.6. The standard InChI is InChI=1S/C35H70O4/c1-3-5-6-7-8-9-10-11-12-13-14-15-16-17-18-19-20-21-22-23-24-25-26-27-28-29-31-38-33-34(32-36)39-35(37)30-4-2/h34,36H,3-33H2,1-2H3. The van der Waals surface area contributed by atoms with E-state index in [1.54, 1.807) is 0 Å². The lowest BCUT2D eigenvalue weighted by atomic mass is 10.0. The van der Waals surface area contributed by atoms with Crippen molar-refractivity contribution in [3.05, 3.63) is 0 Å². The van der Waals surface area contributed by atoms with Crippen molar-refractivity contribution in [2.75, 3.05) is 19.8 Å². The summed E-state index contributed by atoms with van der Waals surface area (Å²) in [7, 11) is 0. The molecule has 39 heavy (non-hydrogen) atoms. The highest BCUT2D eigenvalue weighted by molar-refractivity contribution is 5.69. The van der Waals surface area contributed by atoms with E-state index in [4.69, 9.17) is 9.47 Å². The Morgan fingerprint density at radius 3 is 1.15 bits per heavy atom. The molecule has 4 nitrogen and oxygen atoms in total. The van der Waals surface area contributed by atoms with Gasteiger partial charge in [0.25, 0.3) is 0 Å². The summed E-state index contributed by atoms with van der Waals surface area (Å²) >= 11 is 0. The molecular weight excluding hydrogens is 484 g/mol. The van der Waals surface area contributed by atoms with E-state index in [9.17, 15) is 9.90 Å². The topological polar surface area (TPSA) is 55.8 Å². The maximum atomic E-state index is 11.5. The van der Waals surface area contributed by atoms with Crippen LogP contribution in [0.3, 0.4) is 0 Å². The van der Waals surface area contributed by atoms with Crippen LogP contribution in [0.25, 0.3) is 0 Å². The molecule has 0 aromatic carbocycles. The summed E-state index contributed by atoms with van der Waals surface area (Å²) in [4.78, 5) is 11.5. The van der Waals surface area contributed by atoms with Crippen molar-refractivity contribution >= 4 is 5.97 Å². The molecule has 234 valence electrons. The Kier molecular flexibility index (Phi) is 33.1. The molecule has 0 aliphatic heterocycles. The van der Waals surface area contributed by atoms with Crippen LogP contribution in [0.2, 0.25) is 0 Å². The van der Waals surface area contributed by atoms with Gasteiger partial charge in [-0.2, -0.15) is 0 Å². The molecule has 0 heterocycles. The van der Waals surface area contributed by atoms with Gasteiger partial charge in [-0.15, -0.1) is 0 Å². The maximum Gasteiger partial charge on any atom is 0.306 e. The van der Waals surface area contributed by atoms with Crippen LogP contribution in [0.4, 0.5) is 0 Å². The minimum absolute atomic E-state index is 0.172. The Hall–Kier alpha value is -0.610. The minimum Gasteiger partial charge on any atom is -0.457 e. The Morgan fingerprint density at radius 1 is 0.513 bits per heavy atom. The number of esters is 1. The first-order chi connectivity index (χ1) is 19.2. The molecule has 0 aliphatic carbocycles. The average Bonchev–Trinajstić information content (AvgIpc) is 2.94. The molecule has 0 saturated carbocycles. The summed E-state index contributed by atoms with van der Waals surface area (Å²) in [6, 6.07) is 0. The second-order valence-electron chi connectivity index (χ2n) is 12.0. The van der Waals surface area contributed by atoms with E-state index in [-0.39, 0.29) is 12.6 Å². The molecule has 1 N–H and O–H groups in total. The first-order valence-electron chi connectivity index (χ1n) is 17.6. The normalized spacial score (nSPS) is 12.2. The molecule has 1 atom stereocenters. The van der Waals surface area contributed by atoms with Crippen LogP contribution in [0.1, 0.15) is 194 Å². The van der Waals surface area contributed by atoms with E-state index in [1.807, 2.05) is 6.92 Å². The summed E-state index contributed by atoms with van der Waals surface area (Å²) < 4.78 is 10.8. The lowest BCUT2D eigenvalue weighted by Gasteiger charge is -2.15. The zero-order valence-electron chi connectivity index (χ0n) is 26.7. The van der Waals surface area contributed by atoms with Crippen molar-refractivity contribution in [3.8, 4) is 0 Å². The van der Waals surface area contributed by atoms with Crippen LogP contribution >= 0.6 is 0 Å². The molecule has 0 rings (SSSR count). The minimum atomic E-state index is -0.520. The van der Waals surface area contributed by atoms with Crippen molar-refractivity contribution in [2.45, 2.75) is 200 Å². The van der Waals surface area contributed by atoms with Crippen LogP contribution in [-0.4, -0.2) is 37.0 Å². The molecule has 0 aliphatic rings. The van der Waals surface area contributed by atoms with Gasteiger partial charge in [-0.25, -0.2) is 0 Å². The quantitative estimate of drug-likeness (QED) is 0.0647. The van der Waals surface area contributed by atoms with Crippen LogP contribution in [0.15, 0.2) is 0 Å². The Bertz CT molecular complexity index is 468. The van der Waals surface area contributed by atoms with Gasteiger partial charge in [-0.1, -0.05) is 174 Å². The summed E-state index contributed by atoms with van der Waals surface area (Å²) in [6.07, 6.45) is 37.2. The highest BCUT2D eigenvalue weighted by atomic mass is 16.6. The fraction of sp³-hybridized carbons (Fsp3) is 0.971. The highest BCUT2D eigenvalue weighted by Gasteiger charge is 2.12. The third-order valence-electron chi connectivity index (χ3n) is 7.90. The highest BCUT2D eigenvalue weighted by Crippen LogP contribution is 2.16. The summed E-state index contributed by atoms with van der Waals surface area (Å²) in [6.45, 7) is 5.04. The van der Waals surface area contributed by atoms with Gasteiger partial charge >= 0.3 is 5.97 Å². The molecule has 0 fully saturated rings.